The molecule has 1 aromatic heterocycles. The molecule has 112 valence electrons. The van der Waals surface area contributed by atoms with Gasteiger partial charge in [0.05, 0.1) is 12.1 Å². The molecule has 1 amide bonds. The fourth-order valence-electron chi connectivity index (χ4n) is 3.47. The molecule has 0 saturated heterocycles. The third kappa shape index (κ3) is 1.53. The van der Waals surface area contributed by atoms with E-state index in [1.165, 1.54) is 16.3 Å². The first-order valence-electron chi connectivity index (χ1n) is 7.05. The van der Waals surface area contributed by atoms with E-state index in [0.29, 0.717) is 0 Å². The van der Waals surface area contributed by atoms with Crippen molar-refractivity contribution in [2.24, 2.45) is 0 Å². The Hall–Kier alpha value is -2.83. The maximum atomic E-state index is 12.2. The van der Waals surface area contributed by atoms with Crippen LogP contribution in [0.4, 0.5) is 0 Å². The molecule has 0 saturated carbocycles. The van der Waals surface area contributed by atoms with E-state index in [4.69, 9.17) is 0 Å². The summed E-state index contributed by atoms with van der Waals surface area (Å²) in [5.41, 5.74) is -0.0144. The number of aromatic nitrogens is 3. The summed E-state index contributed by atoms with van der Waals surface area (Å²) >= 11 is 0. The Kier molecular flexibility index (Phi) is 2.53. The Morgan fingerprint density at radius 3 is 2.41 bits per heavy atom. The van der Waals surface area contributed by atoms with Gasteiger partial charge < -0.3 is 4.90 Å². The summed E-state index contributed by atoms with van der Waals surface area (Å²) in [5.74, 6) is -0.139. The maximum absolute atomic E-state index is 12.2. The van der Waals surface area contributed by atoms with Crippen molar-refractivity contribution in [2.45, 2.75) is 25.2 Å². The lowest BCUT2D eigenvalue weighted by atomic mass is 9.92. The Balaban J connectivity index is 1.99. The molecular weight excluding hydrogens is 284 g/mol. The zero-order valence-corrected chi connectivity index (χ0v) is 11.8. The van der Waals surface area contributed by atoms with E-state index in [2.05, 4.69) is 4.98 Å². The average Bonchev–Trinajstić information content (AvgIpc) is 2.84. The highest BCUT2D eigenvalue weighted by molar-refractivity contribution is 5.75. The van der Waals surface area contributed by atoms with Crippen LogP contribution in [-0.2, 0) is 4.79 Å². The zero-order valence-electron chi connectivity index (χ0n) is 11.8. The number of nitrogens with zero attached hydrogens (tertiary/aromatic N) is 3. The van der Waals surface area contributed by atoms with Gasteiger partial charge in [0.15, 0.2) is 0 Å². The number of nitrogens with one attached hydrogen (secondary N) is 1. The SMILES string of the molecule is CC(=O)N1[C@H]2C=C[C@H]([C@@H]1c1ccccc1)n1c(=O)[nH]c(=O)n12. The van der Waals surface area contributed by atoms with E-state index in [9.17, 15) is 14.4 Å². The van der Waals surface area contributed by atoms with Gasteiger partial charge in [-0.1, -0.05) is 36.4 Å². The molecule has 7 heteroatoms. The van der Waals surface area contributed by atoms with Crippen LogP contribution in [0.15, 0.2) is 52.1 Å². The molecule has 4 heterocycles. The third-order valence-corrected chi connectivity index (χ3v) is 4.29. The number of carbonyl (C=O) groups is 1. The molecule has 3 aliphatic rings. The Labute approximate surface area is 125 Å². The van der Waals surface area contributed by atoms with Gasteiger partial charge in [-0.25, -0.2) is 19.0 Å². The van der Waals surface area contributed by atoms with E-state index in [-0.39, 0.29) is 11.9 Å². The number of fused-ring (bicyclic) bond motifs is 1. The zero-order chi connectivity index (χ0) is 15.4. The predicted molar refractivity (Wildman–Crippen MR) is 78.2 cm³/mol. The van der Waals surface area contributed by atoms with Gasteiger partial charge >= 0.3 is 11.4 Å². The number of H-pyrrole nitrogens is 1. The summed E-state index contributed by atoms with van der Waals surface area (Å²) in [6.45, 7) is 1.48. The van der Waals surface area contributed by atoms with Gasteiger partial charge in [0.2, 0.25) is 5.91 Å². The molecule has 7 nitrogen and oxygen atoms in total. The minimum absolute atomic E-state index is 0.139. The molecular formula is C15H14N4O3. The summed E-state index contributed by atoms with van der Waals surface area (Å²) in [6.07, 6.45) is 3.09. The monoisotopic (exact) mass is 298 g/mol. The fraction of sp³-hybridized carbons (Fsp3) is 0.267. The number of carbonyl (C=O) groups excluding carboxylic acids is 1. The number of hydrogen-bond acceptors (Lipinski definition) is 3. The number of aromatic amines is 1. The highest BCUT2D eigenvalue weighted by Gasteiger charge is 2.46. The Bertz CT molecular complexity index is 890. The van der Waals surface area contributed by atoms with Crippen molar-refractivity contribution < 1.29 is 4.79 Å². The second-order valence-corrected chi connectivity index (χ2v) is 5.50. The molecule has 0 unspecified atom stereocenters. The number of rotatable bonds is 1. The first-order valence-corrected chi connectivity index (χ1v) is 7.05. The highest BCUT2D eigenvalue weighted by Crippen LogP contribution is 2.44. The van der Waals surface area contributed by atoms with Crippen molar-refractivity contribution in [3.63, 3.8) is 0 Å². The molecule has 2 aromatic rings. The summed E-state index contributed by atoms with van der Waals surface area (Å²) in [6, 6.07) is 8.84. The largest absolute Gasteiger partial charge is 0.346 e. The minimum Gasteiger partial charge on any atom is -0.307 e. The summed E-state index contributed by atoms with van der Waals surface area (Å²) in [7, 11) is 0. The smallest absolute Gasteiger partial charge is 0.307 e. The van der Waals surface area contributed by atoms with Crippen molar-refractivity contribution in [3.05, 3.63) is 69.0 Å². The van der Waals surface area contributed by atoms with Crippen LogP contribution in [0, 0.1) is 0 Å². The van der Waals surface area contributed by atoms with Crippen LogP contribution in [0.2, 0.25) is 0 Å². The van der Waals surface area contributed by atoms with Crippen molar-refractivity contribution in [1.82, 2.24) is 19.2 Å². The average molecular weight is 298 g/mol. The highest BCUT2D eigenvalue weighted by atomic mass is 16.2. The first-order chi connectivity index (χ1) is 10.6. The van der Waals surface area contributed by atoms with Gasteiger partial charge in [-0.05, 0) is 11.6 Å². The molecule has 0 fully saturated rings. The molecule has 3 atom stereocenters. The number of hydrogen-bond donors (Lipinski definition) is 1. The first kappa shape index (κ1) is 12.9. The lowest BCUT2D eigenvalue weighted by Gasteiger charge is -2.48. The second kappa shape index (κ2) is 4.33. The molecule has 0 radical (unpaired) electrons. The number of benzene rings is 1. The van der Waals surface area contributed by atoms with Crippen molar-refractivity contribution in [3.8, 4) is 0 Å². The maximum Gasteiger partial charge on any atom is 0.346 e. The molecule has 3 aliphatic heterocycles. The van der Waals surface area contributed by atoms with Crippen molar-refractivity contribution >= 4 is 5.91 Å². The van der Waals surface area contributed by atoms with E-state index in [1.54, 1.807) is 11.0 Å². The van der Waals surface area contributed by atoms with Gasteiger partial charge in [-0.15, -0.1) is 0 Å². The van der Waals surface area contributed by atoms with E-state index in [1.807, 2.05) is 36.4 Å². The third-order valence-electron chi connectivity index (χ3n) is 4.29. The van der Waals surface area contributed by atoms with Crippen LogP contribution >= 0.6 is 0 Å². The van der Waals surface area contributed by atoms with E-state index >= 15 is 0 Å². The van der Waals surface area contributed by atoms with Crippen LogP contribution in [-0.4, -0.2) is 25.2 Å². The van der Waals surface area contributed by atoms with Gasteiger partial charge in [0.25, 0.3) is 0 Å². The second-order valence-electron chi connectivity index (χ2n) is 5.50. The van der Waals surface area contributed by atoms with Crippen LogP contribution in [0.3, 0.4) is 0 Å². The lowest BCUT2D eigenvalue weighted by Crippen LogP contribution is -2.54. The summed E-state index contributed by atoms with van der Waals surface area (Å²) in [4.78, 5) is 40.2. The molecule has 0 spiro atoms. The van der Waals surface area contributed by atoms with Crippen molar-refractivity contribution in [1.29, 1.82) is 0 Å². The molecule has 0 aliphatic carbocycles. The lowest BCUT2D eigenvalue weighted by molar-refractivity contribution is -0.140. The van der Waals surface area contributed by atoms with Crippen LogP contribution in [0.1, 0.15) is 30.7 Å². The predicted octanol–water partition coefficient (Wildman–Crippen LogP) is 0.551. The van der Waals surface area contributed by atoms with Crippen LogP contribution < -0.4 is 11.4 Å². The quantitative estimate of drug-likeness (QED) is 0.781. The Morgan fingerprint density at radius 1 is 1.05 bits per heavy atom. The van der Waals surface area contributed by atoms with Gasteiger partial charge in [0, 0.05) is 6.92 Å². The fourth-order valence-corrected chi connectivity index (χ4v) is 3.47. The molecule has 2 bridgehead atoms. The van der Waals surface area contributed by atoms with Crippen LogP contribution in [0.5, 0.6) is 0 Å². The topological polar surface area (TPSA) is 80.1 Å². The standard InChI is InChI=1S/C15H14N4O3/c1-9(20)17-12-8-7-11(13(17)10-5-3-2-4-6-10)18-14(21)16-15(22)19(12)18/h2-8,11-13H,1H3,(H,16,21,22)/t11-,12-,13+/m1/s1. The van der Waals surface area contributed by atoms with Crippen molar-refractivity contribution in [2.75, 3.05) is 0 Å². The molecule has 1 aromatic carbocycles. The van der Waals surface area contributed by atoms with E-state index in [0.717, 1.165) is 5.56 Å². The summed E-state index contributed by atoms with van der Waals surface area (Å²) in [5, 5.41) is 0. The minimum atomic E-state index is -0.584. The van der Waals surface area contributed by atoms with Crippen LogP contribution in [0.25, 0.3) is 0 Å². The Morgan fingerprint density at radius 2 is 1.73 bits per heavy atom. The molecule has 1 N–H and O–H groups in total. The molecule has 5 rings (SSSR count). The summed E-state index contributed by atoms with van der Waals surface area (Å²) < 4.78 is 2.72. The van der Waals surface area contributed by atoms with Gasteiger partial charge in [0.1, 0.15) is 6.17 Å². The normalized spacial score (nSPS) is 25.3. The van der Waals surface area contributed by atoms with Gasteiger partial charge in [-0.3, -0.25) is 9.78 Å². The van der Waals surface area contributed by atoms with Gasteiger partial charge in [-0.2, -0.15) is 0 Å². The number of amides is 1. The van der Waals surface area contributed by atoms with E-state index < -0.39 is 23.6 Å². The molecule has 22 heavy (non-hydrogen) atoms.